The van der Waals surface area contributed by atoms with Gasteiger partial charge in [-0.25, -0.2) is 13.2 Å². The number of non-ortho nitro benzene ring substituents is 1. The second-order valence-electron chi connectivity index (χ2n) is 7.20. The molecule has 0 aliphatic rings. The number of rotatable bonds is 9. The first-order chi connectivity index (χ1) is 16.6. The summed E-state index contributed by atoms with van der Waals surface area (Å²) in [5.41, 5.74) is 0.368. The normalized spacial score (nSPS) is 11.7. The van der Waals surface area contributed by atoms with E-state index >= 15 is 0 Å². The highest BCUT2D eigenvalue weighted by Crippen LogP contribution is 2.21. The third kappa shape index (κ3) is 6.54. The average molecular weight is 500 g/mol. The predicted molar refractivity (Wildman–Crippen MR) is 127 cm³/mol. The molecule has 3 aromatic rings. The molecule has 0 heterocycles. The Kier molecular flexibility index (Phi) is 7.66. The van der Waals surface area contributed by atoms with Gasteiger partial charge in [-0.1, -0.05) is 6.07 Å². The summed E-state index contributed by atoms with van der Waals surface area (Å²) in [6, 6.07) is 16.5. The lowest BCUT2D eigenvalue weighted by Crippen LogP contribution is -2.30. The molecule has 1 unspecified atom stereocenters. The first kappa shape index (κ1) is 25.2. The van der Waals surface area contributed by atoms with Gasteiger partial charge in [-0.3, -0.25) is 19.6 Å². The minimum Gasteiger partial charge on any atom is -0.497 e. The van der Waals surface area contributed by atoms with Crippen LogP contribution >= 0.6 is 0 Å². The summed E-state index contributed by atoms with van der Waals surface area (Å²) >= 11 is 0. The summed E-state index contributed by atoms with van der Waals surface area (Å²) in [5, 5.41) is 13.2. The van der Waals surface area contributed by atoms with Gasteiger partial charge in [-0.2, -0.15) is 0 Å². The Hall–Kier alpha value is -4.45. The number of carbonyl (C=O) groups is 2. The molecule has 3 rings (SSSR count). The van der Waals surface area contributed by atoms with E-state index in [1.54, 1.807) is 12.1 Å². The van der Waals surface area contributed by atoms with Crippen LogP contribution in [0.15, 0.2) is 77.7 Å². The molecule has 0 aliphatic carbocycles. The van der Waals surface area contributed by atoms with E-state index in [0.29, 0.717) is 11.4 Å². The van der Waals surface area contributed by atoms with Crippen molar-refractivity contribution in [3.05, 3.63) is 88.5 Å². The molecule has 0 fully saturated rings. The number of benzene rings is 3. The number of hydrogen-bond acceptors (Lipinski definition) is 8. The maximum atomic E-state index is 12.7. The van der Waals surface area contributed by atoms with Gasteiger partial charge in [-0.05, 0) is 61.5 Å². The van der Waals surface area contributed by atoms with Crippen molar-refractivity contribution in [3.63, 3.8) is 0 Å². The van der Waals surface area contributed by atoms with E-state index < -0.39 is 32.9 Å². The van der Waals surface area contributed by atoms with Crippen LogP contribution < -0.4 is 14.8 Å². The molecular formula is C23H21N3O8S. The molecule has 182 valence electrons. The van der Waals surface area contributed by atoms with E-state index in [9.17, 15) is 28.1 Å². The molecule has 2 N–H and O–H groups in total. The van der Waals surface area contributed by atoms with Crippen LogP contribution in [0.3, 0.4) is 0 Å². The SMILES string of the molecule is COc1ccc(NS(=O)(=O)c2cccc(C(=O)OC(C)C(=O)Nc3ccc([N+](=O)[O-])cc3)c2)cc1. The fraction of sp³-hybridized carbons (Fsp3) is 0.130. The first-order valence-electron chi connectivity index (χ1n) is 10.1. The van der Waals surface area contributed by atoms with Crippen molar-refractivity contribution in [2.75, 3.05) is 17.1 Å². The van der Waals surface area contributed by atoms with Crippen molar-refractivity contribution >= 4 is 39.0 Å². The zero-order chi connectivity index (χ0) is 25.6. The number of hydrogen-bond donors (Lipinski definition) is 2. The Labute approximate surface area is 200 Å². The summed E-state index contributed by atoms with van der Waals surface area (Å²) < 4.78 is 38.1. The van der Waals surface area contributed by atoms with Gasteiger partial charge in [0.25, 0.3) is 21.6 Å². The number of ether oxygens (including phenoxy) is 2. The number of methoxy groups -OCH3 is 1. The van der Waals surface area contributed by atoms with Gasteiger partial charge in [0.2, 0.25) is 0 Å². The second-order valence-corrected chi connectivity index (χ2v) is 8.89. The zero-order valence-corrected chi connectivity index (χ0v) is 19.4. The van der Waals surface area contributed by atoms with Crippen molar-refractivity contribution < 1.29 is 32.4 Å². The van der Waals surface area contributed by atoms with Crippen LogP contribution in [0, 0.1) is 10.1 Å². The van der Waals surface area contributed by atoms with Crippen molar-refractivity contribution in [1.82, 2.24) is 0 Å². The fourth-order valence-electron chi connectivity index (χ4n) is 2.86. The largest absolute Gasteiger partial charge is 0.497 e. The third-order valence-electron chi connectivity index (χ3n) is 4.72. The number of nitrogens with one attached hydrogen (secondary N) is 2. The summed E-state index contributed by atoms with van der Waals surface area (Å²) in [6.07, 6.45) is -1.23. The van der Waals surface area contributed by atoms with Crippen molar-refractivity contribution in [2.45, 2.75) is 17.9 Å². The van der Waals surface area contributed by atoms with Crippen LogP contribution in [-0.2, 0) is 19.6 Å². The van der Waals surface area contributed by atoms with E-state index in [1.165, 1.54) is 68.6 Å². The van der Waals surface area contributed by atoms with Gasteiger partial charge in [0.05, 0.1) is 22.5 Å². The Bertz CT molecular complexity index is 1340. The van der Waals surface area contributed by atoms with Crippen LogP contribution in [0.25, 0.3) is 0 Å². The number of nitro benzene ring substituents is 1. The van der Waals surface area contributed by atoms with Crippen molar-refractivity contribution in [2.24, 2.45) is 0 Å². The van der Waals surface area contributed by atoms with E-state index in [1.807, 2.05) is 0 Å². The monoisotopic (exact) mass is 499 g/mol. The Morgan fingerprint density at radius 1 is 0.971 bits per heavy atom. The van der Waals surface area contributed by atoms with E-state index in [2.05, 4.69) is 10.0 Å². The minimum atomic E-state index is -4.01. The van der Waals surface area contributed by atoms with Crippen LogP contribution in [0.4, 0.5) is 17.1 Å². The number of sulfonamides is 1. The molecule has 12 heteroatoms. The lowest BCUT2D eigenvalue weighted by atomic mass is 10.2. The number of anilines is 2. The quantitative estimate of drug-likeness (QED) is 0.257. The van der Waals surface area contributed by atoms with E-state index in [-0.39, 0.29) is 21.8 Å². The molecule has 0 aromatic heterocycles. The Balaban J connectivity index is 1.66. The van der Waals surface area contributed by atoms with E-state index in [0.717, 1.165) is 6.07 Å². The van der Waals surface area contributed by atoms with Crippen LogP contribution in [-0.4, -0.2) is 38.4 Å². The van der Waals surface area contributed by atoms with Gasteiger partial charge in [0.15, 0.2) is 6.10 Å². The number of amides is 1. The molecule has 1 amide bonds. The lowest BCUT2D eigenvalue weighted by molar-refractivity contribution is -0.384. The number of nitro groups is 1. The molecule has 0 aliphatic heterocycles. The standard InChI is InChI=1S/C23H21N3O8S/c1-15(22(27)24-17-6-10-19(11-7-17)26(29)30)34-23(28)16-4-3-5-21(14-16)35(31,32)25-18-8-12-20(33-2)13-9-18/h3-15,25H,1-2H3,(H,24,27). The molecule has 0 saturated heterocycles. The molecule has 1 atom stereocenters. The second kappa shape index (κ2) is 10.7. The predicted octanol–water partition coefficient (Wildman–Crippen LogP) is 3.59. The first-order valence-corrected chi connectivity index (χ1v) is 11.6. The number of carbonyl (C=O) groups excluding carboxylic acids is 2. The molecule has 35 heavy (non-hydrogen) atoms. The van der Waals surface area contributed by atoms with Gasteiger partial charge < -0.3 is 14.8 Å². The molecule has 0 radical (unpaired) electrons. The summed E-state index contributed by atoms with van der Waals surface area (Å²) in [7, 11) is -2.52. The number of esters is 1. The van der Waals surface area contributed by atoms with Gasteiger partial charge in [0, 0.05) is 23.5 Å². The summed E-state index contributed by atoms with van der Waals surface area (Å²) in [4.78, 5) is 34.8. The lowest BCUT2D eigenvalue weighted by Gasteiger charge is -2.14. The van der Waals surface area contributed by atoms with Crippen LogP contribution in [0.5, 0.6) is 5.75 Å². The zero-order valence-electron chi connectivity index (χ0n) is 18.6. The van der Waals surface area contributed by atoms with Crippen molar-refractivity contribution in [3.8, 4) is 5.75 Å². The molecule has 3 aromatic carbocycles. The minimum absolute atomic E-state index is 0.0717. The van der Waals surface area contributed by atoms with Gasteiger partial charge in [0.1, 0.15) is 5.75 Å². The maximum absolute atomic E-state index is 12.7. The average Bonchev–Trinajstić information content (AvgIpc) is 2.84. The highest BCUT2D eigenvalue weighted by Gasteiger charge is 2.22. The summed E-state index contributed by atoms with van der Waals surface area (Å²) in [6.45, 7) is 1.34. The van der Waals surface area contributed by atoms with Crippen LogP contribution in [0.2, 0.25) is 0 Å². The molecule has 0 saturated carbocycles. The Morgan fingerprint density at radius 2 is 1.60 bits per heavy atom. The molecule has 0 spiro atoms. The molecular weight excluding hydrogens is 478 g/mol. The Morgan fingerprint density at radius 3 is 2.20 bits per heavy atom. The van der Waals surface area contributed by atoms with Gasteiger partial charge in [-0.15, -0.1) is 0 Å². The maximum Gasteiger partial charge on any atom is 0.338 e. The smallest absolute Gasteiger partial charge is 0.338 e. The molecule has 11 nitrogen and oxygen atoms in total. The topological polar surface area (TPSA) is 154 Å². The molecule has 0 bridgehead atoms. The highest BCUT2D eigenvalue weighted by molar-refractivity contribution is 7.92. The summed E-state index contributed by atoms with van der Waals surface area (Å²) in [5.74, 6) is -1.01. The fourth-order valence-corrected chi connectivity index (χ4v) is 3.96. The number of nitrogens with zero attached hydrogens (tertiary/aromatic N) is 1. The van der Waals surface area contributed by atoms with Crippen molar-refractivity contribution in [1.29, 1.82) is 0 Å². The van der Waals surface area contributed by atoms with E-state index in [4.69, 9.17) is 9.47 Å². The van der Waals surface area contributed by atoms with Gasteiger partial charge >= 0.3 is 5.97 Å². The highest BCUT2D eigenvalue weighted by atomic mass is 32.2. The third-order valence-corrected chi connectivity index (χ3v) is 6.10. The van der Waals surface area contributed by atoms with Crippen LogP contribution in [0.1, 0.15) is 17.3 Å².